The zero-order valence-corrected chi connectivity index (χ0v) is 10.8. The van der Waals surface area contributed by atoms with E-state index in [2.05, 4.69) is 4.74 Å². The van der Waals surface area contributed by atoms with Crippen LogP contribution in [0.2, 0.25) is 0 Å². The molecule has 0 aromatic rings. The number of esters is 1. The molecule has 0 radical (unpaired) electrons. The Hall–Kier alpha value is -1.52. The number of carbonyl (C=O) groups is 2. The molecule has 0 aromatic carbocycles. The Morgan fingerprint density at radius 2 is 2.00 bits per heavy atom. The van der Waals surface area contributed by atoms with E-state index in [1.165, 1.54) is 13.2 Å². The molecule has 0 aliphatic carbocycles. The van der Waals surface area contributed by atoms with Crippen LogP contribution >= 0.6 is 0 Å². The summed E-state index contributed by atoms with van der Waals surface area (Å²) in [4.78, 5) is 24.3. The maximum Gasteiger partial charge on any atom is 0.410 e. The lowest BCUT2D eigenvalue weighted by atomic mass is 10.2. The van der Waals surface area contributed by atoms with Crippen molar-refractivity contribution in [2.45, 2.75) is 32.8 Å². The highest BCUT2D eigenvalue weighted by Gasteiger charge is 2.26. The van der Waals surface area contributed by atoms with Gasteiger partial charge in [0, 0.05) is 19.2 Å². The smallest absolute Gasteiger partial charge is 0.410 e. The predicted octanol–water partition coefficient (Wildman–Crippen LogP) is 1.73. The number of hydrogen-bond acceptors (Lipinski definition) is 4. The first-order valence-corrected chi connectivity index (χ1v) is 5.57. The van der Waals surface area contributed by atoms with Crippen LogP contribution in [0.15, 0.2) is 11.6 Å². The Morgan fingerprint density at radius 1 is 1.35 bits per heavy atom. The van der Waals surface area contributed by atoms with Crippen LogP contribution in [0.1, 0.15) is 27.2 Å². The average Bonchev–Trinajstić information content (AvgIpc) is 2.63. The quantitative estimate of drug-likeness (QED) is 0.518. The molecule has 96 valence electrons. The lowest BCUT2D eigenvalue weighted by molar-refractivity contribution is -0.134. The van der Waals surface area contributed by atoms with Crippen LogP contribution < -0.4 is 0 Å². The first kappa shape index (κ1) is 13.5. The summed E-state index contributed by atoms with van der Waals surface area (Å²) in [6, 6.07) is 0. The van der Waals surface area contributed by atoms with Crippen molar-refractivity contribution in [1.82, 2.24) is 4.90 Å². The van der Waals surface area contributed by atoms with Crippen molar-refractivity contribution >= 4 is 12.1 Å². The monoisotopic (exact) mass is 241 g/mol. The van der Waals surface area contributed by atoms with E-state index in [4.69, 9.17) is 4.74 Å². The van der Waals surface area contributed by atoms with Crippen molar-refractivity contribution in [3.8, 4) is 0 Å². The van der Waals surface area contributed by atoms with Gasteiger partial charge in [-0.3, -0.25) is 0 Å². The molecule has 1 aliphatic rings. The van der Waals surface area contributed by atoms with E-state index < -0.39 is 5.60 Å². The molecule has 1 aliphatic heterocycles. The fraction of sp³-hybridized carbons (Fsp3) is 0.667. The second-order valence-electron chi connectivity index (χ2n) is 4.98. The number of ether oxygens (including phenoxy) is 2. The van der Waals surface area contributed by atoms with Gasteiger partial charge in [0.15, 0.2) is 0 Å². The summed E-state index contributed by atoms with van der Waals surface area (Å²) in [5, 5.41) is 0. The Balaban J connectivity index is 2.53. The molecular formula is C12H19NO4. The van der Waals surface area contributed by atoms with Crippen LogP contribution in [-0.2, 0) is 14.3 Å². The van der Waals surface area contributed by atoms with Gasteiger partial charge in [-0.1, -0.05) is 0 Å². The molecular weight excluding hydrogens is 222 g/mol. The summed E-state index contributed by atoms with van der Waals surface area (Å²) >= 11 is 0. The first-order valence-electron chi connectivity index (χ1n) is 5.57. The van der Waals surface area contributed by atoms with Gasteiger partial charge in [0.05, 0.1) is 7.11 Å². The van der Waals surface area contributed by atoms with Crippen molar-refractivity contribution in [3.05, 3.63) is 11.6 Å². The lowest BCUT2D eigenvalue weighted by Crippen LogP contribution is -2.34. The minimum absolute atomic E-state index is 0.342. The number of hydrogen-bond donors (Lipinski definition) is 0. The van der Waals surface area contributed by atoms with Crippen molar-refractivity contribution < 1.29 is 19.1 Å². The number of carbonyl (C=O) groups excluding carboxylic acids is 2. The molecule has 0 bridgehead atoms. The average molecular weight is 241 g/mol. The SMILES string of the molecule is COC(=O)/C=C1/CCN(C(=O)OC(C)(C)C)C1. The Labute approximate surface area is 101 Å². The molecule has 5 nitrogen and oxygen atoms in total. The zero-order valence-electron chi connectivity index (χ0n) is 10.8. The Kier molecular flexibility index (Phi) is 4.15. The third kappa shape index (κ3) is 4.46. The van der Waals surface area contributed by atoms with Gasteiger partial charge in [0.25, 0.3) is 0 Å². The number of methoxy groups -OCH3 is 1. The fourth-order valence-corrected chi connectivity index (χ4v) is 1.51. The van der Waals surface area contributed by atoms with Crippen molar-refractivity contribution in [2.24, 2.45) is 0 Å². The molecule has 1 rings (SSSR count). The van der Waals surface area contributed by atoms with Gasteiger partial charge < -0.3 is 14.4 Å². The van der Waals surface area contributed by atoms with E-state index in [0.29, 0.717) is 19.5 Å². The summed E-state index contributed by atoms with van der Waals surface area (Å²) in [7, 11) is 1.33. The molecule has 1 fully saturated rings. The number of nitrogens with zero attached hydrogens (tertiary/aromatic N) is 1. The summed E-state index contributed by atoms with van der Waals surface area (Å²) in [6.07, 6.45) is 1.78. The van der Waals surface area contributed by atoms with E-state index in [-0.39, 0.29) is 12.1 Å². The molecule has 0 saturated carbocycles. The van der Waals surface area contributed by atoms with Crippen LogP contribution in [0.5, 0.6) is 0 Å². The molecule has 1 amide bonds. The summed E-state index contributed by atoms with van der Waals surface area (Å²) in [5.74, 6) is -0.383. The molecule has 1 heterocycles. The molecule has 5 heteroatoms. The van der Waals surface area contributed by atoms with Gasteiger partial charge in [0.1, 0.15) is 5.60 Å². The fourth-order valence-electron chi connectivity index (χ4n) is 1.51. The highest BCUT2D eigenvalue weighted by Crippen LogP contribution is 2.18. The van der Waals surface area contributed by atoms with Crippen molar-refractivity contribution in [1.29, 1.82) is 0 Å². The van der Waals surface area contributed by atoms with E-state index in [0.717, 1.165) is 5.57 Å². The topological polar surface area (TPSA) is 55.8 Å². The molecule has 1 saturated heterocycles. The van der Waals surface area contributed by atoms with E-state index in [1.54, 1.807) is 4.90 Å². The van der Waals surface area contributed by atoms with Gasteiger partial charge in [-0.05, 0) is 32.8 Å². The third-order valence-electron chi connectivity index (χ3n) is 2.27. The van der Waals surface area contributed by atoms with Gasteiger partial charge in [-0.15, -0.1) is 0 Å². The van der Waals surface area contributed by atoms with Crippen LogP contribution in [0.25, 0.3) is 0 Å². The van der Waals surface area contributed by atoms with E-state index >= 15 is 0 Å². The normalized spacial score (nSPS) is 18.4. The van der Waals surface area contributed by atoms with Crippen molar-refractivity contribution in [3.63, 3.8) is 0 Å². The maximum atomic E-state index is 11.7. The number of likely N-dealkylation sites (tertiary alicyclic amines) is 1. The Morgan fingerprint density at radius 3 is 2.53 bits per heavy atom. The highest BCUT2D eigenvalue weighted by atomic mass is 16.6. The van der Waals surface area contributed by atoms with E-state index in [1.807, 2.05) is 20.8 Å². The highest BCUT2D eigenvalue weighted by molar-refractivity contribution is 5.83. The number of rotatable bonds is 1. The van der Waals surface area contributed by atoms with Crippen molar-refractivity contribution in [2.75, 3.05) is 20.2 Å². The van der Waals surface area contributed by atoms with E-state index in [9.17, 15) is 9.59 Å². The minimum atomic E-state index is -0.494. The largest absolute Gasteiger partial charge is 0.466 e. The second kappa shape index (κ2) is 5.21. The summed E-state index contributed by atoms with van der Waals surface area (Å²) in [6.45, 7) is 6.49. The molecule has 0 spiro atoms. The van der Waals surface area contributed by atoms with Gasteiger partial charge in [0.2, 0.25) is 0 Å². The number of amides is 1. The molecule has 0 unspecified atom stereocenters. The standard InChI is InChI=1S/C12H19NO4/c1-12(2,3)17-11(15)13-6-5-9(8-13)7-10(14)16-4/h7H,5-6,8H2,1-4H3/b9-7-. The minimum Gasteiger partial charge on any atom is -0.466 e. The first-order chi connectivity index (χ1) is 7.81. The maximum absolute atomic E-state index is 11.7. The van der Waals surface area contributed by atoms with Gasteiger partial charge in [-0.25, -0.2) is 9.59 Å². The van der Waals surface area contributed by atoms with Crippen LogP contribution in [0, 0.1) is 0 Å². The van der Waals surface area contributed by atoms with Gasteiger partial charge >= 0.3 is 12.1 Å². The molecule has 17 heavy (non-hydrogen) atoms. The summed E-state index contributed by atoms with van der Waals surface area (Å²) in [5.41, 5.74) is 0.397. The zero-order chi connectivity index (χ0) is 13.1. The third-order valence-corrected chi connectivity index (χ3v) is 2.27. The molecule has 0 N–H and O–H groups in total. The molecule has 0 atom stereocenters. The van der Waals surface area contributed by atoms with Crippen LogP contribution in [0.3, 0.4) is 0 Å². The molecule has 0 aromatic heterocycles. The second-order valence-corrected chi connectivity index (χ2v) is 4.98. The Bertz CT molecular complexity index is 341. The van der Waals surface area contributed by atoms with Crippen LogP contribution in [-0.4, -0.2) is 42.8 Å². The van der Waals surface area contributed by atoms with Gasteiger partial charge in [-0.2, -0.15) is 0 Å². The van der Waals surface area contributed by atoms with Crippen LogP contribution in [0.4, 0.5) is 4.79 Å². The lowest BCUT2D eigenvalue weighted by Gasteiger charge is -2.23. The predicted molar refractivity (Wildman–Crippen MR) is 62.5 cm³/mol. The summed E-state index contributed by atoms with van der Waals surface area (Å²) < 4.78 is 9.78.